The van der Waals surface area contributed by atoms with Crippen LogP contribution in [0.15, 0.2) is 12.3 Å². The van der Waals surface area contributed by atoms with Gasteiger partial charge in [0, 0.05) is 19.3 Å². The molecule has 0 aliphatic carbocycles. The van der Waals surface area contributed by atoms with Gasteiger partial charge >= 0.3 is 0 Å². The van der Waals surface area contributed by atoms with Gasteiger partial charge in [0.25, 0.3) is 0 Å². The van der Waals surface area contributed by atoms with E-state index in [4.69, 9.17) is 4.74 Å². The molecule has 0 aliphatic heterocycles. The van der Waals surface area contributed by atoms with Crippen molar-refractivity contribution in [1.82, 2.24) is 9.78 Å². The molecule has 56 valence electrons. The molecule has 3 nitrogen and oxygen atoms in total. The lowest BCUT2D eigenvalue weighted by Crippen LogP contribution is -2.06. The minimum Gasteiger partial charge on any atom is -0.474 e. The average molecular weight is 140 g/mol. The normalized spacial score (nSPS) is 10.4. The number of hydrogen-bond donors (Lipinski definition) is 0. The molecule has 0 bridgehead atoms. The van der Waals surface area contributed by atoms with Crippen molar-refractivity contribution < 1.29 is 4.74 Å². The van der Waals surface area contributed by atoms with Gasteiger partial charge in [0.05, 0.1) is 6.10 Å². The Balaban J connectivity index is 2.58. The summed E-state index contributed by atoms with van der Waals surface area (Å²) in [6.45, 7) is 3.96. The molecule has 0 N–H and O–H groups in total. The molecule has 0 fully saturated rings. The molecule has 1 rings (SSSR count). The molecule has 0 atom stereocenters. The van der Waals surface area contributed by atoms with E-state index in [0.717, 1.165) is 0 Å². The Bertz CT molecular complexity index is 205. The highest BCUT2D eigenvalue weighted by Gasteiger charge is 1.98. The van der Waals surface area contributed by atoms with Gasteiger partial charge in [-0.1, -0.05) is 0 Å². The zero-order valence-corrected chi connectivity index (χ0v) is 6.53. The molecule has 0 aliphatic rings. The minimum atomic E-state index is 0.204. The summed E-state index contributed by atoms with van der Waals surface area (Å²) in [5.41, 5.74) is 0. The molecule has 10 heavy (non-hydrogen) atoms. The van der Waals surface area contributed by atoms with Crippen LogP contribution in [0.25, 0.3) is 0 Å². The van der Waals surface area contributed by atoms with Crippen LogP contribution in [0.5, 0.6) is 5.88 Å². The van der Waals surface area contributed by atoms with Crippen molar-refractivity contribution in [3.8, 4) is 5.88 Å². The Morgan fingerprint density at radius 1 is 1.60 bits per heavy atom. The Kier molecular flexibility index (Phi) is 1.94. The zero-order chi connectivity index (χ0) is 7.56. The number of rotatable bonds is 2. The van der Waals surface area contributed by atoms with Crippen molar-refractivity contribution in [2.45, 2.75) is 20.0 Å². The Morgan fingerprint density at radius 3 is 2.70 bits per heavy atom. The molecule has 1 heterocycles. The van der Waals surface area contributed by atoms with E-state index in [1.54, 1.807) is 4.68 Å². The topological polar surface area (TPSA) is 27.1 Å². The third kappa shape index (κ3) is 1.76. The molecular weight excluding hydrogens is 128 g/mol. The summed E-state index contributed by atoms with van der Waals surface area (Å²) in [5.74, 6) is 0.692. The lowest BCUT2D eigenvalue weighted by atomic mass is 10.5. The van der Waals surface area contributed by atoms with Crippen LogP contribution in [0, 0.1) is 0 Å². The van der Waals surface area contributed by atoms with Crippen molar-refractivity contribution in [2.24, 2.45) is 7.05 Å². The monoisotopic (exact) mass is 140 g/mol. The number of ether oxygens (including phenoxy) is 1. The van der Waals surface area contributed by atoms with Crippen molar-refractivity contribution >= 4 is 0 Å². The maximum absolute atomic E-state index is 5.30. The van der Waals surface area contributed by atoms with E-state index in [0.29, 0.717) is 5.88 Å². The molecule has 0 radical (unpaired) electrons. The summed E-state index contributed by atoms with van der Waals surface area (Å²) in [4.78, 5) is 0. The van der Waals surface area contributed by atoms with Crippen LogP contribution in [-0.4, -0.2) is 15.9 Å². The third-order valence-corrected chi connectivity index (χ3v) is 1.05. The van der Waals surface area contributed by atoms with E-state index in [1.807, 2.05) is 33.2 Å². The summed E-state index contributed by atoms with van der Waals surface area (Å²) in [5, 5.41) is 4.05. The van der Waals surface area contributed by atoms with Crippen LogP contribution in [0.4, 0.5) is 0 Å². The van der Waals surface area contributed by atoms with Gasteiger partial charge in [-0.15, -0.1) is 5.10 Å². The Morgan fingerprint density at radius 2 is 2.30 bits per heavy atom. The largest absolute Gasteiger partial charge is 0.474 e. The van der Waals surface area contributed by atoms with E-state index in [1.165, 1.54) is 0 Å². The third-order valence-electron chi connectivity index (χ3n) is 1.05. The lowest BCUT2D eigenvalue weighted by Gasteiger charge is -2.04. The highest BCUT2D eigenvalue weighted by molar-refractivity contribution is 5.05. The van der Waals surface area contributed by atoms with E-state index in [-0.39, 0.29) is 6.10 Å². The van der Waals surface area contributed by atoms with Gasteiger partial charge in [-0.25, -0.2) is 0 Å². The first-order chi connectivity index (χ1) is 4.68. The standard InChI is InChI=1S/C7H12N2O/c1-6(2)10-7-4-5-9(3)8-7/h4-6H,1-3H3. The highest BCUT2D eigenvalue weighted by atomic mass is 16.5. The van der Waals surface area contributed by atoms with Gasteiger partial charge in [-0.3, -0.25) is 4.68 Å². The Hall–Kier alpha value is -0.990. The van der Waals surface area contributed by atoms with Crippen LogP contribution in [0.1, 0.15) is 13.8 Å². The SMILES string of the molecule is CC(C)Oc1ccn(C)n1. The molecule has 1 aromatic rings. The summed E-state index contributed by atoms with van der Waals surface area (Å²) in [6, 6.07) is 1.85. The smallest absolute Gasteiger partial charge is 0.232 e. The fourth-order valence-corrected chi connectivity index (χ4v) is 0.698. The lowest BCUT2D eigenvalue weighted by molar-refractivity contribution is 0.230. The molecule has 0 saturated carbocycles. The van der Waals surface area contributed by atoms with Crippen molar-refractivity contribution in [1.29, 1.82) is 0 Å². The minimum absolute atomic E-state index is 0.204. The summed E-state index contributed by atoms with van der Waals surface area (Å²) in [7, 11) is 1.87. The average Bonchev–Trinajstić information content (AvgIpc) is 2.13. The maximum atomic E-state index is 5.30. The number of aryl methyl sites for hydroxylation is 1. The molecule has 0 aromatic carbocycles. The fourth-order valence-electron chi connectivity index (χ4n) is 0.698. The Labute approximate surface area is 60.6 Å². The number of hydrogen-bond acceptors (Lipinski definition) is 2. The van der Waals surface area contributed by atoms with Crippen LogP contribution in [0.3, 0.4) is 0 Å². The van der Waals surface area contributed by atoms with Crippen LogP contribution < -0.4 is 4.74 Å². The van der Waals surface area contributed by atoms with Gasteiger partial charge in [0.1, 0.15) is 0 Å². The zero-order valence-electron chi connectivity index (χ0n) is 6.53. The van der Waals surface area contributed by atoms with Crippen molar-refractivity contribution in [3.05, 3.63) is 12.3 Å². The summed E-state index contributed by atoms with van der Waals surface area (Å²) in [6.07, 6.45) is 2.06. The predicted octanol–water partition coefficient (Wildman–Crippen LogP) is 1.21. The van der Waals surface area contributed by atoms with Crippen LogP contribution >= 0.6 is 0 Å². The van der Waals surface area contributed by atoms with E-state index >= 15 is 0 Å². The fraction of sp³-hybridized carbons (Fsp3) is 0.571. The maximum Gasteiger partial charge on any atom is 0.232 e. The quantitative estimate of drug-likeness (QED) is 0.617. The predicted molar refractivity (Wildman–Crippen MR) is 39.0 cm³/mol. The number of nitrogens with zero attached hydrogens (tertiary/aromatic N) is 2. The van der Waals surface area contributed by atoms with Gasteiger partial charge in [0.15, 0.2) is 0 Å². The first-order valence-corrected chi connectivity index (χ1v) is 3.35. The molecular formula is C7H12N2O. The molecule has 0 spiro atoms. The van der Waals surface area contributed by atoms with E-state index in [9.17, 15) is 0 Å². The second kappa shape index (κ2) is 2.73. The van der Waals surface area contributed by atoms with E-state index < -0.39 is 0 Å². The summed E-state index contributed by atoms with van der Waals surface area (Å²) >= 11 is 0. The van der Waals surface area contributed by atoms with E-state index in [2.05, 4.69) is 5.10 Å². The van der Waals surface area contributed by atoms with Crippen LogP contribution in [-0.2, 0) is 7.05 Å². The first kappa shape index (κ1) is 7.12. The number of aromatic nitrogens is 2. The van der Waals surface area contributed by atoms with Gasteiger partial charge in [-0.2, -0.15) is 0 Å². The second-order valence-electron chi connectivity index (χ2n) is 2.49. The second-order valence-corrected chi connectivity index (χ2v) is 2.49. The van der Waals surface area contributed by atoms with Crippen molar-refractivity contribution in [3.63, 3.8) is 0 Å². The first-order valence-electron chi connectivity index (χ1n) is 3.35. The van der Waals surface area contributed by atoms with Gasteiger partial charge in [-0.05, 0) is 13.8 Å². The molecule has 3 heteroatoms. The molecule has 1 aromatic heterocycles. The molecule has 0 amide bonds. The molecule has 0 unspecified atom stereocenters. The van der Waals surface area contributed by atoms with Gasteiger partial charge < -0.3 is 4.74 Å². The highest BCUT2D eigenvalue weighted by Crippen LogP contribution is 2.05. The van der Waals surface area contributed by atoms with Crippen LogP contribution in [0.2, 0.25) is 0 Å². The van der Waals surface area contributed by atoms with Crippen molar-refractivity contribution in [2.75, 3.05) is 0 Å². The summed E-state index contributed by atoms with van der Waals surface area (Å²) < 4.78 is 7.02. The molecule has 0 saturated heterocycles. The van der Waals surface area contributed by atoms with Gasteiger partial charge in [0.2, 0.25) is 5.88 Å².